The summed E-state index contributed by atoms with van der Waals surface area (Å²) in [5.41, 5.74) is 7.83. The zero-order valence-corrected chi connectivity index (χ0v) is 16.7. The molecule has 3 heterocycles. The lowest BCUT2D eigenvalue weighted by molar-refractivity contribution is 0.960. The van der Waals surface area contributed by atoms with Gasteiger partial charge in [-0.1, -0.05) is 38.6 Å². The first-order valence-electron chi connectivity index (χ1n) is 9.31. The van der Waals surface area contributed by atoms with Gasteiger partial charge in [-0.2, -0.15) is 5.10 Å². The van der Waals surface area contributed by atoms with Gasteiger partial charge in [-0.3, -0.25) is 0 Å². The Morgan fingerprint density at radius 2 is 1.70 bits per heavy atom. The van der Waals surface area contributed by atoms with Gasteiger partial charge in [-0.25, -0.2) is 9.99 Å². The number of aryl methyl sites for hydroxylation is 1. The highest BCUT2D eigenvalue weighted by Gasteiger charge is 2.26. The summed E-state index contributed by atoms with van der Waals surface area (Å²) in [6.07, 6.45) is 3.68. The average molecular weight is 358 g/mol. The number of anilines is 1. The number of hydrogen-bond acceptors (Lipinski definition) is 3. The molecule has 4 heteroatoms. The number of fused-ring (bicyclic) bond motifs is 1. The maximum absolute atomic E-state index is 4.58. The lowest BCUT2D eigenvalue weighted by atomic mass is 10.1. The minimum atomic E-state index is 0.773. The molecule has 0 amide bonds. The van der Waals surface area contributed by atoms with Crippen molar-refractivity contribution < 1.29 is 0 Å². The molecule has 0 unspecified atom stereocenters. The van der Waals surface area contributed by atoms with Crippen molar-refractivity contribution in [3.05, 3.63) is 83.3 Å². The Balaban J connectivity index is 0.00000102. The van der Waals surface area contributed by atoms with Crippen LogP contribution in [0.5, 0.6) is 0 Å². The van der Waals surface area contributed by atoms with Gasteiger partial charge >= 0.3 is 0 Å². The quantitative estimate of drug-likeness (QED) is 0.593. The number of rotatable bonds is 2. The lowest BCUT2D eigenvalue weighted by Gasteiger charge is -2.24. The van der Waals surface area contributed by atoms with Crippen LogP contribution in [0.3, 0.4) is 0 Å². The summed E-state index contributed by atoms with van der Waals surface area (Å²) in [4.78, 5) is 4.40. The number of hydrogen-bond donors (Lipinski definition) is 0. The molecule has 2 aromatic heterocycles. The van der Waals surface area contributed by atoms with Crippen molar-refractivity contribution in [2.75, 3.05) is 5.01 Å². The normalized spacial score (nSPS) is 12.5. The highest BCUT2D eigenvalue weighted by molar-refractivity contribution is 5.98. The van der Waals surface area contributed by atoms with Crippen molar-refractivity contribution in [1.82, 2.24) is 9.55 Å². The van der Waals surface area contributed by atoms with Gasteiger partial charge in [0.2, 0.25) is 0 Å². The number of benzene rings is 1. The van der Waals surface area contributed by atoms with E-state index in [4.69, 9.17) is 0 Å². The van der Waals surface area contributed by atoms with Crippen LogP contribution in [0.25, 0.3) is 11.4 Å². The molecule has 1 aliphatic heterocycles. The lowest BCUT2D eigenvalue weighted by Crippen LogP contribution is -2.20. The summed E-state index contributed by atoms with van der Waals surface area (Å²) in [6.45, 7) is 14.7. The molecule has 0 radical (unpaired) electrons. The fourth-order valence-electron chi connectivity index (χ4n) is 3.50. The topological polar surface area (TPSA) is 33.4 Å². The third-order valence-electron chi connectivity index (χ3n) is 4.66. The van der Waals surface area contributed by atoms with E-state index in [0.717, 1.165) is 34.0 Å². The molecule has 27 heavy (non-hydrogen) atoms. The first kappa shape index (κ1) is 18.6. The predicted octanol–water partition coefficient (Wildman–Crippen LogP) is 5.65. The van der Waals surface area contributed by atoms with Gasteiger partial charge in [-0.05, 0) is 50.6 Å². The summed E-state index contributed by atoms with van der Waals surface area (Å²) < 4.78 is 2.27. The van der Waals surface area contributed by atoms with Crippen LogP contribution in [0, 0.1) is 20.8 Å². The molecule has 0 bridgehead atoms. The molecular formula is C23H26N4. The third-order valence-corrected chi connectivity index (χ3v) is 4.66. The summed E-state index contributed by atoms with van der Waals surface area (Å²) in [6, 6.07) is 14.3. The average Bonchev–Trinajstić information content (AvgIpc) is 2.95. The van der Waals surface area contributed by atoms with Crippen molar-refractivity contribution >= 4 is 17.7 Å². The summed E-state index contributed by atoms with van der Waals surface area (Å²) in [5.74, 6) is 0.773. The maximum atomic E-state index is 4.58. The van der Waals surface area contributed by atoms with Gasteiger partial charge in [0.05, 0.1) is 11.9 Å². The molecule has 4 rings (SSSR count). The van der Waals surface area contributed by atoms with Crippen molar-refractivity contribution in [3.63, 3.8) is 0 Å². The number of pyridine rings is 1. The molecule has 138 valence electrons. The van der Waals surface area contributed by atoms with Crippen LogP contribution in [0.4, 0.5) is 5.82 Å². The van der Waals surface area contributed by atoms with Crippen molar-refractivity contribution in [2.45, 2.75) is 34.6 Å². The molecule has 0 saturated heterocycles. The van der Waals surface area contributed by atoms with Crippen molar-refractivity contribution in [2.24, 2.45) is 5.10 Å². The van der Waals surface area contributed by atoms with Crippen LogP contribution in [-0.2, 0) is 0 Å². The second-order valence-corrected chi connectivity index (χ2v) is 6.32. The van der Waals surface area contributed by atoms with Gasteiger partial charge < -0.3 is 4.57 Å². The largest absolute Gasteiger partial charge is 0.317 e. The molecule has 4 nitrogen and oxygen atoms in total. The highest BCUT2D eigenvalue weighted by Crippen LogP contribution is 2.35. The first-order chi connectivity index (χ1) is 13.1. The molecule has 0 aliphatic carbocycles. The maximum Gasteiger partial charge on any atom is 0.153 e. The number of aromatic nitrogens is 2. The Labute approximate surface area is 161 Å². The van der Waals surface area contributed by atoms with Gasteiger partial charge in [0.15, 0.2) is 5.82 Å². The highest BCUT2D eigenvalue weighted by atomic mass is 15.5. The molecule has 0 spiro atoms. The van der Waals surface area contributed by atoms with Crippen LogP contribution in [0.2, 0.25) is 0 Å². The van der Waals surface area contributed by atoms with Crippen LogP contribution in [0.15, 0.2) is 60.3 Å². The molecule has 0 N–H and O–H groups in total. The number of hydrazone groups is 1. The summed E-state index contributed by atoms with van der Waals surface area (Å²) in [7, 11) is 0. The van der Waals surface area contributed by atoms with Gasteiger partial charge in [0, 0.05) is 34.4 Å². The van der Waals surface area contributed by atoms with Crippen molar-refractivity contribution in [1.29, 1.82) is 0 Å². The van der Waals surface area contributed by atoms with E-state index in [2.05, 4.69) is 66.3 Å². The van der Waals surface area contributed by atoms with E-state index in [9.17, 15) is 0 Å². The zero-order chi connectivity index (χ0) is 19.6. The Kier molecular flexibility index (Phi) is 5.26. The second kappa shape index (κ2) is 7.62. The third kappa shape index (κ3) is 3.19. The summed E-state index contributed by atoms with van der Waals surface area (Å²) in [5, 5.41) is 6.38. The van der Waals surface area contributed by atoms with Crippen LogP contribution >= 0.6 is 0 Å². The molecule has 0 atom stereocenters. The zero-order valence-electron chi connectivity index (χ0n) is 16.7. The predicted molar refractivity (Wildman–Crippen MR) is 115 cm³/mol. The van der Waals surface area contributed by atoms with E-state index >= 15 is 0 Å². The fraction of sp³-hybridized carbons (Fsp3) is 0.217. The molecule has 1 aromatic carbocycles. The fourth-order valence-corrected chi connectivity index (χ4v) is 3.50. The molecule has 1 aliphatic rings. The van der Waals surface area contributed by atoms with E-state index in [1.165, 1.54) is 11.3 Å². The second-order valence-electron chi connectivity index (χ2n) is 6.32. The number of nitrogens with zero attached hydrogens (tertiary/aromatic N) is 4. The van der Waals surface area contributed by atoms with Crippen molar-refractivity contribution in [3.8, 4) is 5.69 Å². The minimum Gasteiger partial charge on any atom is -0.317 e. The SMILES string of the molecule is C=C1c2c(c(C)n(-c3cccc(C)c3)c2C)C=NN1c1ccccn1.CC. The van der Waals surface area contributed by atoms with Crippen LogP contribution < -0.4 is 5.01 Å². The molecule has 3 aromatic rings. The molecule has 0 fully saturated rings. The van der Waals surface area contributed by atoms with Gasteiger partial charge in [0.1, 0.15) is 0 Å². The minimum absolute atomic E-state index is 0.773. The first-order valence-corrected chi connectivity index (χ1v) is 9.31. The molecular weight excluding hydrogens is 332 g/mol. The van der Waals surface area contributed by atoms with Gasteiger partial charge in [0.25, 0.3) is 0 Å². The van der Waals surface area contributed by atoms with Crippen LogP contribution in [-0.4, -0.2) is 15.8 Å². The molecule has 0 saturated carbocycles. The monoisotopic (exact) mass is 358 g/mol. The Morgan fingerprint density at radius 1 is 0.926 bits per heavy atom. The van der Waals surface area contributed by atoms with E-state index in [-0.39, 0.29) is 0 Å². The van der Waals surface area contributed by atoms with Crippen LogP contribution in [0.1, 0.15) is 41.9 Å². The Hall–Kier alpha value is -3.14. The summed E-state index contributed by atoms with van der Waals surface area (Å²) >= 11 is 0. The standard InChI is InChI=1S/C21H20N4.C2H6/c1-14-8-7-9-18(12-14)24-15(2)19-13-23-25(17(4)21(19)16(24)3)20-10-5-6-11-22-20;1-2/h5-13H,4H2,1-3H3;1-2H3. The van der Waals surface area contributed by atoms with E-state index < -0.39 is 0 Å². The smallest absolute Gasteiger partial charge is 0.153 e. The Morgan fingerprint density at radius 3 is 2.37 bits per heavy atom. The van der Waals surface area contributed by atoms with E-state index in [1.54, 1.807) is 11.2 Å². The van der Waals surface area contributed by atoms with E-state index in [1.807, 2.05) is 38.3 Å². The Bertz CT molecular complexity index is 997. The van der Waals surface area contributed by atoms with Gasteiger partial charge in [-0.15, -0.1) is 0 Å². The van der Waals surface area contributed by atoms with E-state index in [0.29, 0.717) is 0 Å².